The van der Waals surface area contributed by atoms with E-state index in [9.17, 15) is 18.3 Å². The standard InChI is InChI=1S/C22H25F3N4O/c1-12-9-14(22(23,24)25)11-19(30)20(12)16-10-13-7-8-29(21(13)27-26-16)18-6-4-15-3-5-17(18)28(15)2/h9-11,15,17-18,30H,3-8H2,1-2H3/t15-,17+,18+/m1/s1. The van der Waals surface area contributed by atoms with Gasteiger partial charge in [0.25, 0.3) is 0 Å². The lowest BCUT2D eigenvalue weighted by molar-refractivity contribution is -0.137. The summed E-state index contributed by atoms with van der Waals surface area (Å²) in [5, 5.41) is 19.1. The number of hydrogen-bond acceptors (Lipinski definition) is 5. The van der Waals surface area contributed by atoms with Crippen LogP contribution in [0, 0.1) is 6.92 Å². The maximum absolute atomic E-state index is 13.0. The van der Waals surface area contributed by atoms with Gasteiger partial charge in [0, 0.05) is 35.8 Å². The molecule has 1 aromatic heterocycles. The van der Waals surface area contributed by atoms with Crippen molar-refractivity contribution in [2.75, 3.05) is 18.5 Å². The number of aryl methyl sites for hydroxylation is 1. The highest BCUT2D eigenvalue weighted by atomic mass is 19.4. The van der Waals surface area contributed by atoms with E-state index in [0.717, 1.165) is 42.9 Å². The molecule has 5 nitrogen and oxygen atoms in total. The first-order chi connectivity index (χ1) is 14.2. The van der Waals surface area contributed by atoms with E-state index >= 15 is 0 Å². The van der Waals surface area contributed by atoms with Gasteiger partial charge in [-0.3, -0.25) is 4.90 Å². The van der Waals surface area contributed by atoms with Crippen LogP contribution < -0.4 is 4.90 Å². The minimum Gasteiger partial charge on any atom is -0.507 e. The zero-order valence-corrected chi connectivity index (χ0v) is 17.1. The third-order valence-corrected chi connectivity index (χ3v) is 7.18. The quantitative estimate of drug-likeness (QED) is 0.794. The Morgan fingerprint density at radius 1 is 1.03 bits per heavy atom. The monoisotopic (exact) mass is 418 g/mol. The first-order valence-corrected chi connectivity index (χ1v) is 10.5. The molecule has 8 heteroatoms. The van der Waals surface area contributed by atoms with Crippen LogP contribution in [-0.2, 0) is 12.6 Å². The molecule has 3 aliphatic rings. The first-order valence-electron chi connectivity index (χ1n) is 10.5. The minimum atomic E-state index is -4.50. The number of piperidine rings is 1. The van der Waals surface area contributed by atoms with Gasteiger partial charge in [-0.1, -0.05) is 0 Å². The third-order valence-electron chi connectivity index (χ3n) is 7.18. The van der Waals surface area contributed by atoms with Crippen molar-refractivity contribution in [2.24, 2.45) is 0 Å². The van der Waals surface area contributed by atoms with Crippen molar-refractivity contribution in [3.05, 3.63) is 34.9 Å². The fourth-order valence-electron chi connectivity index (χ4n) is 5.68. The Morgan fingerprint density at radius 3 is 2.47 bits per heavy atom. The van der Waals surface area contributed by atoms with Gasteiger partial charge in [-0.25, -0.2) is 0 Å². The first kappa shape index (κ1) is 19.6. The van der Waals surface area contributed by atoms with Gasteiger partial charge in [-0.2, -0.15) is 13.2 Å². The molecule has 0 saturated carbocycles. The average molecular weight is 418 g/mol. The number of hydrogen-bond donors (Lipinski definition) is 1. The fourth-order valence-corrected chi connectivity index (χ4v) is 5.68. The highest BCUT2D eigenvalue weighted by Gasteiger charge is 2.44. The molecular weight excluding hydrogens is 393 g/mol. The van der Waals surface area contributed by atoms with Gasteiger partial charge in [0.05, 0.1) is 11.3 Å². The van der Waals surface area contributed by atoms with Crippen molar-refractivity contribution < 1.29 is 18.3 Å². The van der Waals surface area contributed by atoms with Crippen LogP contribution in [0.2, 0.25) is 0 Å². The van der Waals surface area contributed by atoms with E-state index in [-0.39, 0.29) is 0 Å². The molecule has 2 fully saturated rings. The number of aromatic hydroxyl groups is 1. The highest BCUT2D eigenvalue weighted by molar-refractivity contribution is 5.73. The Bertz CT molecular complexity index is 970. The second kappa shape index (κ2) is 6.83. The number of likely N-dealkylation sites (N-methyl/N-ethyl adjacent to an activating group) is 1. The second-order valence-electron chi connectivity index (χ2n) is 8.82. The molecule has 3 aliphatic heterocycles. The predicted octanol–water partition coefficient (Wildman–Crippen LogP) is 4.16. The summed E-state index contributed by atoms with van der Waals surface area (Å²) < 4.78 is 39.1. The van der Waals surface area contributed by atoms with Gasteiger partial charge in [-0.15, -0.1) is 10.2 Å². The van der Waals surface area contributed by atoms with Crippen LogP contribution in [0.5, 0.6) is 5.75 Å². The van der Waals surface area contributed by atoms with Crippen molar-refractivity contribution in [3.63, 3.8) is 0 Å². The molecule has 2 saturated heterocycles. The third kappa shape index (κ3) is 3.04. The maximum Gasteiger partial charge on any atom is 0.416 e. The normalized spacial score (nSPS) is 26.3. The van der Waals surface area contributed by atoms with E-state index in [1.165, 1.54) is 19.3 Å². The Hall–Kier alpha value is -2.35. The highest BCUT2D eigenvalue weighted by Crippen LogP contribution is 2.42. The summed E-state index contributed by atoms with van der Waals surface area (Å²) in [6.07, 6.45) is 1.15. The van der Waals surface area contributed by atoms with E-state index in [2.05, 4.69) is 27.0 Å². The van der Waals surface area contributed by atoms with Gasteiger partial charge in [0.15, 0.2) is 5.82 Å². The Morgan fingerprint density at radius 2 is 1.77 bits per heavy atom. The zero-order chi connectivity index (χ0) is 21.2. The van der Waals surface area contributed by atoms with E-state index in [1.807, 2.05) is 6.07 Å². The smallest absolute Gasteiger partial charge is 0.416 e. The molecule has 0 unspecified atom stereocenters. The predicted molar refractivity (Wildman–Crippen MR) is 108 cm³/mol. The van der Waals surface area contributed by atoms with Gasteiger partial charge >= 0.3 is 6.18 Å². The number of nitrogens with zero attached hydrogens (tertiary/aromatic N) is 4. The van der Waals surface area contributed by atoms with Crippen LogP contribution in [-0.4, -0.2) is 51.9 Å². The molecule has 0 spiro atoms. The summed E-state index contributed by atoms with van der Waals surface area (Å²) in [5.41, 5.74) is 1.24. The van der Waals surface area contributed by atoms with Crippen molar-refractivity contribution in [1.29, 1.82) is 0 Å². The molecule has 1 N–H and O–H groups in total. The number of halogens is 3. The molecule has 2 aromatic rings. The van der Waals surface area contributed by atoms with E-state index in [4.69, 9.17) is 0 Å². The van der Waals surface area contributed by atoms with Crippen molar-refractivity contribution in [3.8, 4) is 17.0 Å². The Balaban J connectivity index is 1.46. The summed E-state index contributed by atoms with van der Waals surface area (Å²) in [6, 6.07) is 5.35. The minimum absolute atomic E-state index is 0.313. The van der Waals surface area contributed by atoms with Crippen LogP contribution >= 0.6 is 0 Å². The fraction of sp³-hybridized carbons (Fsp3) is 0.545. The summed E-state index contributed by atoms with van der Waals surface area (Å²) in [4.78, 5) is 4.88. The average Bonchev–Trinajstić information content (AvgIpc) is 3.18. The molecule has 1 aromatic carbocycles. The maximum atomic E-state index is 13.0. The van der Waals surface area contributed by atoms with E-state index in [1.54, 1.807) is 6.92 Å². The SMILES string of the molecule is Cc1cc(C(F)(F)F)cc(O)c1-c1cc2c(nn1)N([C@H]1CC[C@H]3CC[C@@H]1N3C)CC2. The molecule has 3 atom stereocenters. The number of alkyl halides is 3. The number of aromatic nitrogens is 2. The van der Waals surface area contributed by atoms with Crippen molar-refractivity contribution in [2.45, 2.75) is 63.3 Å². The number of phenols is 1. The number of anilines is 1. The van der Waals surface area contributed by atoms with Crippen LogP contribution in [0.25, 0.3) is 11.3 Å². The topological polar surface area (TPSA) is 52.5 Å². The van der Waals surface area contributed by atoms with Gasteiger partial charge in [-0.05, 0) is 69.8 Å². The molecule has 0 radical (unpaired) electrons. The lowest BCUT2D eigenvalue weighted by Crippen LogP contribution is -2.53. The number of fused-ring (bicyclic) bond motifs is 3. The number of benzene rings is 1. The lowest BCUT2D eigenvalue weighted by Gasteiger charge is -2.42. The summed E-state index contributed by atoms with van der Waals surface area (Å²) in [5.74, 6) is 0.462. The van der Waals surface area contributed by atoms with E-state index in [0.29, 0.717) is 34.9 Å². The van der Waals surface area contributed by atoms with E-state index < -0.39 is 17.5 Å². The molecule has 160 valence electrons. The zero-order valence-electron chi connectivity index (χ0n) is 17.1. The summed E-state index contributed by atoms with van der Waals surface area (Å²) in [6.45, 7) is 2.44. The van der Waals surface area contributed by atoms with Crippen LogP contribution in [0.1, 0.15) is 42.4 Å². The van der Waals surface area contributed by atoms with Crippen LogP contribution in [0.15, 0.2) is 18.2 Å². The van der Waals surface area contributed by atoms with Crippen LogP contribution in [0.4, 0.5) is 19.0 Å². The molecule has 0 aliphatic carbocycles. The summed E-state index contributed by atoms with van der Waals surface area (Å²) in [7, 11) is 2.22. The molecule has 5 rings (SSSR count). The van der Waals surface area contributed by atoms with Crippen LogP contribution in [0.3, 0.4) is 0 Å². The lowest BCUT2D eigenvalue weighted by atomic mass is 9.96. The van der Waals surface area contributed by atoms with Crippen molar-refractivity contribution >= 4 is 5.82 Å². The molecule has 0 amide bonds. The molecular formula is C22H25F3N4O. The van der Waals surface area contributed by atoms with Gasteiger partial charge in [0.1, 0.15) is 5.75 Å². The molecule has 4 heterocycles. The number of phenolic OH excluding ortho intramolecular Hbond substituents is 1. The summed E-state index contributed by atoms with van der Waals surface area (Å²) >= 11 is 0. The Labute approximate surface area is 173 Å². The van der Waals surface area contributed by atoms with Gasteiger partial charge < -0.3 is 10.0 Å². The number of rotatable bonds is 2. The molecule has 30 heavy (non-hydrogen) atoms. The second-order valence-corrected chi connectivity index (χ2v) is 8.82. The van der Waals surface area contributed by atoms with Gasteiger partial charge in [0.2, 0.25) is 0 Å². The van der Waals surface area contributed by atoms with Crippen molar-refractivity contribution in [1.82, 2.24) is 15.1 Å². The largest absolute Gasteiger partial charge is 0.507 e. The molecule has 2 bridgehead atoms. The Kier molecular flexibility index (Phi) is 4.47.